The van der Waals surface area contributed by atoms with Crippen molar-refractivity contribution in [3.63, 3.8) is 0 Å². The molecule has 1 amide bonds. The molecule has 0 aliphatic carbocycles. The van der Waals surface area contributed by atoms with Crippen LogP contribution in [0.25, 0.3) is 0 Å². The second kappa shape index (κ2) is 7.53. The fourth-order valence-corrected chi connectivity index (χ4v) is 1.81. The Balaban J connectivity index is 1.85. The maximum atomic E-state index is 13.4. The predicted octanol–water partition coefficient (Wildman–Crippen LogP) is 3.79. The first-order chi connectivity index (χ1) is 10.9. The smallest absolute Gasteiger partial charge is 0.387 e. The SMILES string of the molecule is Cc1ccc(NC(=O)CNc2ccc(OC(F)F)cc2)cc1F. The van der Waals surface area contributed by atoms with Crippen molar-refractivity contribution in [1.82, 2.24) is 0 Å². The van der Waals surface area contributed by atoms with Crippen LogP contribution in [0.5, 0.6) is 5.75 Å². The lowest BCUT2D eigenvalue weighted by Crippen LogP contribution is -2.21. The minimum absolute atomic E-state index is 0.0325. The normalized spacial score (nSPS) is 10.5. The number of carbonyl (C=O) groups excluding carboxylic acids is 1. The van der Waals surface area contributed by atoms with Crippen LogP contribution < -0.4 is 15.4 Å². The monoisotopic (exact) mass is 324 g/mol. The van der Waals surface area contributed by atoms with Crippen LogP contribution in [0.2, 0.25) is 0 Å². The van der Waals surface area contributed by atoms with Crippen molar-refractivity contribution < 1.29 is 22.7 Å². The maximum Gasteiger partial charge on any atom is 0.387 e. The molecule has 2 aromatic carbocycles. The average Bonchev–Trinajstić information content (AvgIpc) is 2.50. The number of nitrogens with one attached hydrogen (secondary N) is 2. The minimum atomic E-state index is -2.88. The number of alkyl halides is 2. The van der Waals surface area contributed by atoms with Crippen molar-refractivity contribution in [2.24, 2.45) is 0 Å². The van der Waals surface area contributed by atoms with Crippen molar-refractivity contribution in [2.75, 3.05) is 17.2 Å². The van der Waals surface area contributed by atoms with Gasteiger partial charge in [-0.25, -0.2) is 4.39 Å². The Morgan fingerprint density at radius 1 is 1.13 bits per heavy atom. The first-order valence-corrected chi connectivity index (χ1v) is 6.79. The number of anilines is 2. The first kappa shape index (κ1) is 16.7. The molecule has 0 unspecified atom stereocenters. The van der Waals surface area contributed by atoms with Gasteiger partial charge in [-0.15, -0.1) is 0 Å². The maximum absolute atomic E-state index is 13.4. The molecule has 0 radical (unpaired) electrons. The molecule has 0 aliphatic heterocycles. The summed E-state index contributed by atoms with van der Waals surface area (Å²) in [5.74, 6) is -0.725. The van der Waals surface area contributed by atoms with Crippen molar-refractivity contribution >= 4 is 17.3 Å². The van der Waals surface area contributed by atoms with E-state index in [-0.39, 0.29) is 18.2 Å². The third kappa shape index (κ3) is 5.21. The van der Waals surface area contributed by atoms with Crippen LogP contribution in [-0.4, -0.2) is 19.1 Å². The van der Waals surface area contributed by atoms with E-state index < -0.39 is 12.4 Å². The molecule has 0 fully saturated rings. The molecule has 7 heteroatoms. The van der Waals surface area contributed by atoms with Crippen LogP contribution in [0.3, 0.4) is 0 Å². The number of halogens is 3. The molecule has 0 aromatic heterocycles. The Morgan fingerprint density at radius 2 is 1.78 bits per heavy atom. The van der Waals surface area contributed by atoms with Gasteiger partial charge < -0.3 is 15.4 Å². The van der Waals surface area contributed by atoms with E-state index in [1.54, 1.807) is 19.1 Å². The van der Waals surface area contributed by atoms with E-state index in [9.17, 15) is 18.0 Å². The molecule has 0 saturated carbocycles. The molecule has 4 nitrogen and oxygen atoms in total. The molecule has 2 rings (SSSR count). The van der Waals surface area contributed by atoms with E-state index in [1.807, 2.05) is 0 Å². The lowest BCUT2D eigenvalue weighted by molar-refractivity contribution is -0.114. The molecule has 0 heterocycles. The first-order valence-electron chi connectivity index (χ1n) is 6.79. The lowest BCUT2D eigenvalue weighted by atomic mass is 10.2. The zero-order valence-electron chi connectivity index (χ0n) is 12.3. The molecular formula is C16H15F3N2O2. The fraction of sp³-hybridized carbons (Fsp3) is 0.188. The average molecular weight is 324 g/mol. The summed E-state index contributed by atoms with van der Waals surface area (Å²) in [5.41, 5.74) is 1.42. The molecule has 122 valence electrons. The third-order valence-corrected chi connectivity index (χ3v) is 2.99. The fourth-order valence-electron chi connectivity index (χ4n) is 1.81. The number of hydrogen-bond acceptors (Lipinski definition) is 3. The number of carbonyl (C=O) groups is 1. The second-order valence-corrected chi connectivity index (χ2v) is 4.77. The second-order valence-electron chi connectivity index (χ2n) is 4.77. The summed E-state index contributed by atoms with van der Waals surface area (Å²) in [6.07, 6.45) is 0. The van der Waals surface area contributed by atoms with Crippen LogP contribution in [0, 0.1) is 12.7 Å². The summed E-state index contributed by atoms with van der Waals surface area (Å²) in [4.78, 5) is 11.8. The van der Waals surface area contributed by atoms with Gasteiger partial charge >= 0.3 is 6.61 Å². The minimum Gasteiger partial charge on any atom is -0.435 e. The summed E-state index contributed by atoms with van der Waals surface area (Å²) < 4.78 is 41.6. The van der Waals surface area contributed by atoms with Gasteiger partial charge in [0.05, 0.1) is 6.54 Å². The van der Waals surface area contributed by atoms with E-state index in [2.05, 4.69) is 15.4 Å². The van der Waals surface area contributed by atoms with E-state index in [0.717, 1.165) is 0 Å². The summed E-state index contributed by atoms with van der Waals surface area (Å²) in [6, 6.07) is 10.2. The Labute approximate surface area is 131 Å². The summed E-state index contributed by atoms with van der Waals surface area (Å²) in [6.45, 7) is -1.30. The van der Waals surface area contributed by atoms with Gasteiger partial charge in [0.1, 0.15) is 11.6 Å². The number of ether oxygens (including phenoxy) is 1. The Bertz CT molecular complexity index is 676. The third-order valence-electron chi connectivity index (χ3n) is 2.99. The van der Waals surface area contributed by atoms with Gasteiger partial charge in [0.15, 0.2) is 0 Å². The van der Waals surface area contributed by atoms with Crippen LogP contribution in [0.4, 0.5) is 24.5 Å². The number of hydrogen-bond donors (Lipinski definition) is 2. The number of aryl methyl sites for hydroxylation is 1. The zero-order chi connectivity index (χ0) is 16.8. The Kier molecular flexibility index (Phi) is 5.46. The largest absolute Gasteiger partial charge is 0.435 e. The van der Waals surface area contributed by atoms with Crippen molar-refractivity contribution in [3.05, 3.63) is 53.8 Å². The molecule has 23 heavy (non-hydrogen) atoms. The summed E-state index contributed by atoms with van der Waals surface area (Å²) in [7, 11) is 0. The van der Waals surface area contributed by atoms with Crippen LogP contribution in [0.1, 0.15) is 5.56 Å². The highest BCUT2D eigenvalue weighted by Gasteiger charge is 2.06. The topological polar surface area (TPSA) is 50.4 Å². The van der Waals surface area contributed by atoms with Crippen LogP contribution in [-0.2, 0) is 4.79 Å². The molecule has 0 saturated heterocycles. The molecule has 2 N–H and O–H groups in total. The summed E-state index contributed by atoms with van der Waals surface area (Å²) >= 11 is 0. The van der Waals surface area contributed by atoms with Crippen LogP contribution in [0.15, 0.2) is 42.5 Å². The van der Waals surface area contributed by atoms with Gasteiger partial charge in [-0.3, -0.25) is 4.79 Å². The predicted molar refractivity (Wildman–Crippen MR) is 81.3 cm³/mol. The highest BCUT2D eigenvalue weighted by atomic mass is 19.3. The molecule has 2 aromatic rings. The van der Waals surface area contributed by atoms with Crippen molar-refractivity contribution in [1.29, 1.82) is 0 Å². The van der Waals surface area contributed by atoms with E-state index in [0.29, 0.717) is 16.9 Å². The molecular weight excluding hydrogens is 309 g/mol. The number of rotatable bonds is 6. The van der Waals surface area contributed by atoms with E-state index >= 15 is 0 Å². The van der Waals surface area contributed by atoms with Gasteiger partial charge in [0.2, 0.25) is 5.91 Å². The molecule has 0 spiro atoms. The zero-order valence-corrected chi connectivity index (χ0v) is 12.3. The highest BCUT2D eigenvalue weighted by molar-refractivity contribution is 5.93. The van der Waals surface area contributed by atoms with E-state index in [4.69, 9.17) is 0 Å². The van der Waals surface area contributed by atoms with Crippen LogP contribution >= 0.6 is 0 Å². The number of amides is 1. The quantitative estimate of drug-likeness (QED) is 0.850. The standard InChI is InChI=1S/C16H15F3N2O2/c1-10-2-3-12(8-14(10)17)21-15(22)9-20-11-4-6-13(7-5-11)23-16(18)19/h2-8,16,20H,9H2,1H3,(H,21,22). The van der Waals surface area contributed by atoms with Crippen molar-refractivity contribution in [3.8, 4) is 5.75 Å². The number of benzene rings is 2. The van der Waals surface area contributed by atoms with Gasteiger partial charge in [0, 0.05) is 11.4 Å². The van der Waals surface area contributed by atoms with Crippen molar-refractivity contribution in [2.45, 2.75) is 13.5 Å². The van der Waals surface area contributed by atoms with Gasteiger partial charge in [0.25, 0.3) is 0 Å². The van der Waals surface area contributed by atoms with Gasteiger partial charge in [-0.05, 0) is 48.9 Å². The Hall–Kier alpha value is -2.70. The summed E-state index contributed by atoms with van der Waals surface area (Å²) in [5, 5.41) is 5.37. The van der Waals surface area contributed by atoms with Gasteiger partial charge in [-0.2, -0.15) is 8.78 Å². The highest BCUT2D eigenvalue weighted by Crippen LogP contribution is 2.18. The lowest BCUT2D eigenvalue weighted by Gasteiger charge is -2.09. The molecule has 0 atom stereocenters. The Morgan fingerprint density at radius 3 is 2.39 bits per heavy atom. The van der Waals surface area contributed by atoms with Gasteiger partial charge in [-0.1, -0.05) is 6.07 Å². The molecule has 0 bridgehead atoms. The van der Waals surface area contributed by atoms with E-state index in [1.165, 1.54) is 30.3 Å². The molecule has 0 aliphatic rings.